The molecule has 2 unspecified atom stereocenters. The van der Waals surface area contributed by atoms with Crippen LogP contribution in [0.3, 0.4) is 0 Å². The normalized spacial score (nSPS) is 20.2. The van der Waals surface area contributed by atoms with Crippen molar-refractivity contribution in [3.05, 3.63) is 0 Å². The molecule has 1 saturated heterocycles. The van der Waals surface area contributed by atoms with E-state index in [1.165, 1.54) is 77.0 Å². The number of amides is 1. The van der Waals surface area contributed by atoms with Gasteiger partial charge < -0.3 is 4.90 Å². The van der Waals surface area contributed by atoms with Gasteiger partial charge in [-0.15, -0.1) is 0 Å². The maximum Gasteiger partial charge on any atom is 0.225 e. The van der Waals surface area contributed by atoms with Gasteiger partial charge in [0.15, 0.2) is 0 Å². The Bertz CT molecular complexity index is 315. The Morgan fingerprint density at radius 2 is 1.67 bits per heavy atom. The summed E-state index contributed by atoms with van der Waals surface area (Å²) in [7, 11) is 0. The van der Waals surface area contributed by atoms with E-state index in [-0.39, 0.29) is 0 Å². The molecule has 0 N–H and O–H groups in total. The molecular weight excluding hydrogens is 294 g/mol. The molecular formula is C22H43NO. The highest BCUT2D eigenvalue weighted by Crippen LogP contribution is 2.28. The molecule has 1 rings (SSSR count). The van der Waals surface area contributed by atoms with Crippen LogP contribution in [0.4, 0.5) is 0 Å². The highest BCUT2D eigenvalue weighted by atomic mass is 16.2. The third-order valence-corrected chi connectivity index (χ3v) is 5.86. The molecule has 142 valence electrons. The molecule has 0 aromatic rings. The van der Waals surface area contributed by atoms with Crippen LogP contribution >= 0.6 is 0 Å². The van der Waals surface area contributed by atoms with E-state index in [0.717, 1.165) is 31.8 Å². The van der Waals surface area contributed by atoms with Crippen LogP contribution < -0.4 is 0 Å². The third-order valence-electron chi connectivity index (χ3n) is 5.86. The highest BCUT2D eigenvalue weighted by molar-refractivity contribution is 5.79. The summed E-state index contributed by atoms with van der Waals surface area (Å²) in [6, 6.07) is 0. The van der Waals surface area contributed by atoms with Gasteiger partial charge in [0.2, 0.25) is 5.91 Å². The van der Waals surface area contributed by atoms with Crippen molar-refractivity contribution in [3.8, 4) is 0 Å². The Hall–Kier alpha value is -0.530. The lowest BCUT2D eigenvalue weighted by Gasteiger charge is -2.24. The second-order valence-electron chi connectivity index (χ2n) is 7.90. The first-order chi connectivity index (χ1) is 11.7. The van der Waals surface area contributed by atoms with Crippen molar-refractivity contribution in [2.45, 2.75) is 111 Å². The molecule has 24 heavy (non-hydrogen) atoms. The lowest BCUT2D eigenvalue weighted by atomic mass is 9.87. The fourth-order valence-electron chi connectivity index (χ4n) is 4.26. The van der Waals surface area contributed by atoms with Crippen molar-refractivity contribution < 1.29 is 4.79 Å². The van der Waals surface area contributed by atoms with Crippen LogP contribution in [0.25, 0.3) is 0 Å². The van der Waals surface area contributed by atoms with E-state index >= 15 is 0 Å². The minimum Gasteiger partial charge on any atom is -0.343 e. The summed E-state index contributed by atoms with van der Waals surface area (Å²) in [6.45, 7) is 8.60. The van der Waals surface area contributed by atoms with E-state index in [2.05, 4.69) is 25.7 Å². The fourth-order valence-corrected chi connectivity index (χ4v) is 4.26. The predicted octanol–water partition coefficient (Wildman–Crippen LogP) is 6.58. The topological polar surface area (TPSA) is 20.3 Å². The average molecular weight is 338 g/mol. The van der Waals surface area contributed by atoms with Gasteiger partial charge in [-0.3, -0.25) is 4.79 Å². The summed E-state index contributed by atoms with van der Waals surface area (Å²) in [5.74, 6) is 1.62. The maximum atomic E-state index is 12.6. The van der Waals surface area contributed by atoms with Gasteiger partial charge in [0.1, 0.15) is 0 Å². The largest absolute Gasteiger partial charge is 0.343 e. The quantitative estimate of drug-likeness (QED) is 0.347. The summed E-state index contributed by atoms with van der Waals surface area (Å²) in [6.07, 6.45) is 18.4. The van der Waals surface area contributed by atoms with Crippen LogP contribution in [0.2, 0.25) is 0 Å². The molecule has 2 nitrogen and oxygen atoms in total. The highest BCUT2D eigenvalue weighted by Gasteiger charge is 2.26. The Morgan fingerprint density at radius 3 is 2.38 bits per heavy atom. The first kappa shape index (κ1) is 21.5. The molecule has 0 aromatic carbocycles. The van der Waals surface area contributed by atoms with Crippen molar-refractivity contribution in [3.63, 3.8) is 0 Å². The zero-order valence-electron chi connectivity index (χ0n) is 16.8. The first-order valence-electron chi connectivity index (χ1n) is 11.0. The number of likely N-dealkylation sites (tertiary alicyclic amines) is 1. The molecule has 1 amide bonds. The van der Waals surface area contributed by atoms with Gasteiger partial charge in [-0.2, -0.15) is 0 Å². The summed E-state index contributed by atoms with van der Waals surface area (Å²) in [5.41, 5.74) is 0. The maximum absolute atomic E-state index is 12.6. The Balaban J connectivity index is 2.31. The molecule has 0 aliphatic carbocycles. The molecule has 1 aliphatic heterocycles. The van der Waals surface area contributed by atoms with Crippen molar-refractivity contribution in [2.24, 2.45) is 11.8 Å². The molecule has 1 fully saturated rings. The van der Waals surface area contributed by atoms with Crippen LogP contribution in [0.5, 0.6) is 0 Å². The van der Waals surface area contributed by atoms with Gasteiger partial charge in [0, 0.05) is 19.0 Å². The molecule has 0 spiro atoms. The van der Waals surface area contributed by atoms with Crippen molar-refractivity contribution in [1.29, 1.82) is 0 Å². The number of carbonyl (C=O) groups is 1. The summed E-state index contributed by atoms with van der Waals surface area (Å²) < 4.78 is 0. The number of nitrogens with zero attached hydrogens (tertiary/aromatic N) is 1. The lowest BCUT2D eigenvalue weighted by Crippen LogP contribution is -2.35. The molecule has 2 heteroatoms. The van der Waals surface area contributed by atoms with Crippen molar-refractivity contribution in [1.82, 2.24) is 4.90 Å². The monoisotopic (exact) mass is 337 g/mol. The summed E-state index contributed by atoms with van der Waals surface area (Å²) >= 11 is 0. The summed E-state index contributed by atoms with van der Waals surface area (Å²) in [4.78, 5) is 14.7. The van der Waals surface area contributed by atoms with E-state index in [4.69, 9.17) is 0 Å². The molecule has 0 aromatic heterocycles. The van der Waals surface area contributed by atoms with E-state index in [1.807, 2.05) is 0 Å². The lowest BCUT2D eigenvalue weighted by molar-refractivity contribution is -0.135. The molecule has 0 saturated carbocycles. The average Bonchev–Trinajstić information content (AvgIpc) is 2.77. The number of hydrogen-bond acceptors (Lipinski definition) is 1. The molecule has 1 aliphatic rings. The van der Waals surface area contributed by atoms with Crippen LogP contribution in [-0.4, -0.2) is 23.9 Å². The van der Waals surface area contributed by atoms with Crippen LogP contribution in [-0.2, 0) is 4.79 Å². The smallest absolute Gasteiger partial charge is 0.225 e. The zero-order valence-corrected chi connectivity index (χ0v) is 16.8. The third kappa shape index (κ3) is 8.53. The van der Waals surface area contributed by atoms with Crippen LogP contribution in [0, 0.1) is 11.8 Å². The van der Waals surface area contributed by atoms with Gasteiger partial charge in [-0.1, -0.05) is 78.1 Å². The number of carbonyl (C=O) groups excluding carboxylic acids is 1. The second-order valence-corrected chi connectivity index (χ2v) is 7.90. The zero-order chi connectivity index (χ0) is 17.6. The molecule has 1 heterocycles. The Labute approximate surface area is 151 Å². The van der Waals surface area contributed by atoms with E-state index < -0.39 is 0 Å². The number of unbranched alkanes of at least 4 members (excludes halogenated alkanes) is 5. The Kier molecular flexibility index (Phi) is 12.3. The van der Waals surface area contributed by atoms with E-state index in [9.17, 15) is 4.79 Å². The fraction of sp³-hybridized carbons (Fsp3) is 0.955. The standard InChI is InChI=1S/C22H43NO/c1-4-7-8-9-10-11-15-20(14-5-2)17-18-21-16-12-13-19-23(6-3)22(21)24/h20-21H,4-19H2,1-3H3. The van der Waals surface area contributed by atoms with Crippen molar-refractivity contribution in [2.75, 3.05) is 13.1 Å². The van der Waals surface area contributed by atoms with Gasteiger partial charge in [-0.05, 0) is 38.5 Å². The van der Waals surface area contributed by atoms with Gasteiger partial charge >= 0.3 is 0 Å². The predicted molar refractivity (Wildman–Crippen MR) is 105 cm³/mol. The van der Waals surface area contributed by atoms with E-state index in [1.54, 1.807) is 0 Å². The van der Waals surface area contributed by atoms with Crippen LogP contribution in [0.1, 0.15) is 111 Å². The minimum absolute atomic E-state index is 0.316. The SMILES string of the molecule is CCCCCCCCC(CCC)CCC1CCCCN(CC)C1=O. The van der Waals surface area contributed by atoms with Gasteiger partial charge in [-0.25, -0.2) is 0 Å². The Morgan fingerprint density at radius 1 is 0.917 bits per heavy atom. The molecule has 0 bridgehead atoms. The molecule has 2 atom stereocenters. The number of hydrogen-bond donors (Lipinski definition) is 0. The minimum atomic E-state index is 0.316. The van der Waals surface area contributed by atoms with Gasteiger partial charge in [0.05, 0.1) is 0 Å². The summed E-state index contributed by atoms with van der Waals surface area (Å²) in [5, 5.41) is 0. The second kappa shape index (κ2) is 13.7. The van der Waals surface area contributed by atoms with Gasteiger partial charge in [0.25, 0.3) is 0 Å². The van der Waals surface area contributed by atoms with Crippen molar-refractivity contribution >= 4 is 5.91 Å². The molecule has 0 radical (unpaired) electrons. The number of rotatable bonds is 13. The van der Waals surface area contributed by atoms with Crippen LogP contribution in [0.15, 0.2) is 0 Å². The first-order valence-corrected chi connectivity index (χ1v) is 11.0. The van der Waals surface area contributed by atoms with E-state index in [0.29, 0.717) is 11.8 Å².